The predicted octanol–water partition coefficient (Wildman–Crippen LogP) is -1.56. The highest BCUT2D eigenvalue weighted by Gasteiger charge is 2.50. The molecule has 8 nitrogen and oxygen atoms in total. The molecular weight excluding hydrogens is 318 g/mol. The Hall–Kier alpha value is -1.97. The van der Waals surface area contributed by atoms with E-state index in [4.69, 9.17) is 4.74 Å². The first-order valence-corrected chi connectivity index (χ1v) is 7.55. The summed E-state index contributed by atoms with van der Waals surface area (Å²) in [6, 6.07) is 7.37. The van der Waals surface area contributed by atoms with Crippen LogP contribution in [0.2, 0.25) is 0 Å². The molecule has 1 fully saturated rings. The molecule has 1 aromatic heterocycles. The highest BCUT2D eigenvalue weighted by atomic mass is 16.6. The Morgan fingerprint density at radius 1 is 0.958 bits per heavy atom. The molecule has 1 aromatic carbocycles. The van der Waals surface area contributed by atoms with Gasteiger partial charge in [0.25, 0.3) is 0 Å². The van der Waals surface area contributed by atoms with E-state index < -0.39 is 42.6 Å². The monoisotopic (exact) mass is 337 g/mol. The molecule has 1 heterocycles. The van der Waals surface area contributed by atoms with Crippen LogP contribution < -0.4 is 0 Å². The Morgan fingerprint density at radius 2 is 1.54 bits per heavy atom. The predicted molar refractivity (Wildman–Crippen MR) is 81.9 cm³/mol. The number of rotatable bonds is 3. The first-order valence-electron chi connectivity index (χ1n) is 7.55. The summed E-state index contributed by atoms with van der Waals surface area (Å²) in [5.41, 5.74) is 1.53. The minimum atomic E-state index is -1.73. The Labute approximate surface area is 136 Å². The number of hydrogen-bond donors (Lipinski definition) is 6. The number of nitrogens with one attached hydrogen (secondary N) is 1. The summed E-state index contributed by atoms with van der Waals surface area (Å²) in [6.07, 6.45) is -8.57. The molecule has 3 rings (SSSR count). The molecule has 130 valence electrons. The minimum Gasteiger partial charge on any atom is -0.456 e. The van der Waals surface area contributed by atoms with Crippen molar-refractivity contribution in [1.82, 2.24) is 4.98 Å². The molecule has 0 aliphatic heterocycles. The maximum atomic E-state index is 12.1. The Morgan fingerprint density at radius 3 is 2.21 bits per heavy atom. The van der Waals surface area contributed by atoms with Crippen molar-refractivity contribution in [1.29, 1.82) is 0 Å². The number of aromatic amines is 1. The number of ether oxygens (including phenoxy) is 1. The second-order valence-corrected chi connectivity index (χ2v) is 5.94. The van der Waals surface area contributed by atoms with E-state index in [0.29, 0.717) is 5.56 Å². The van der Waals surface area contributed by atoms with E-state index in [2.05, 4.69) is 4.98 Å². The van der Waals surface area contributed by atoms with Gasteiger partial charge >= 0.3 is 5.97 Å². The van der Waals surface area contributed by atoms with Gasteiger partial charge in [-0.2, -0.15) is 0 Å². The van der Waals surface area contributed by atoms with Gasteiger partial charge in [-0.3, -0.25) is 4.79 Å². The molecule has 1 aliphatic rings. The fourth-order valence-electron chi connectivity index (χ4n) is 2.96. The summed E-state index contributed by atoms with van der Waals surface area (Å²) < 4.78 is 5.04. The fourth-order valence-corrected chi connectivity index (χ4v) is 2.96. The van der Waals surface area contributed by atoms with Gasteiger partial charge in [-0.05, 0) is 11.6 Å². The van der Waals surface area contributed by atoms with E-state index in [1.165, 1.54) is 0 Å². The normalized spacial score (nSPS) is 33.5. The molecule has 6 N–H and O–H groups in total. The standard InChI is InChI=1S/C16H19NO7/c18-10(5-7-6-17-9-4-2-1-3-8(7)9)24-16-14(22)12(20)11(19)13(21)15(16)23/h1-4,6,11-17,19-23H,5H2/t11?,12-,13+,14-,15-,16?/m1/s1. The van der Waals surface area contributed by atoms with Crippen molar-refractivity contribution in [3.8, 4) is 0 Å². The Kier molecular flexibility index (Phi) is 4.57. The van der Waals surface area contributed by atoms with Gasteiger partial charge in [0.15, 0.2) is 6.10 Å². The van der Waals surface area contributed by atoms with Gasteiger partial charge in [0.2, 0.25) is 0 Å². The Bertz CT molecular complexity index is 714. The lowest BCUT2D eigenvalue weighted by Gasteiger charge is -2.41. The molecule has 0 bridgehead atoms. The third-order valence-corrected chi connectivity index (χ3v) is 4.35. The third-order valence-electron chi connectivity index (χ3n) is 4.35. The summed E-state index contributed by atoms with van der Waals surface area (Å²) in [4.78, 5) is 15.1. The van der Waals surface area contributed by atoms with Crippen LogP contribution in [0.4, 0.5) is 0 Å². The summed E-state index contributed by atoms with van der Waals surface area (Å²) in [7, 11) is 0. The number of para-hydroxylation sites is 1. The summed E-state index contributed by atoms with van der Waals surface area (Å²) >= 11 is 0. The number of hydrogen-bond acceptors (Lipinski definition) is 7. The number of aliphatic hydroxyl groups excluding tert-OH is 5. The maximum Gasteiger partial charge on any atom is 0.310 e. The average molecular weight is 337 g/mol. The SMILES string of the molecule is O=C(Cc1c[nH]c2ccccc12)OC1[C@H](O)[C@H](O)C(O)[C@H](O)[C@H]1O. The lowest BCUT2D eigenvalue weighted by molar-refractivity contribution is -0.233. The van der Waals surface area contributed by atoms with Crippen LogP contribution in [0.25, 0.3) is 10.9 Å². The second kappa shape index (κ2) is 6.50. The van der Waals surface area contributed by atoms with E-state index in [9.17, 15) is 30.3 Å². The molecule has 1 saturated carbocycles. The maximum absolute atomic E-state index is 12.1. The van der Waals surface area contributed by atoms with Crippen LogP contribution in [0.3, 0.4) is 0 Å². The average Bonchev–Trinajstić information content (AvgIpc) is 2.98. The number of carbonyl (C=O) groups is 1. The number of esters is 1. The number of benzene rings is 1. The zero-order chi connectivity index (χ0) is 17.4. The van der Waals surface area contributed by atoms with Crippen molar-refractivity contribution in [3.05, 3.63) is 36.0 Å². The Balaban J connectivity index is 1.72. The zero-order valence-corrected chi connectivity index (χ0v) is 12.6. The molecule has 0 radical (unpaired) electrons. The molecule has 0 spiro atoms. The van der Waals surface area contributed by atoms with Crippen LogP contribution in [0.5, 0.6) is 0 Å². The van der Waals surface area contributed by atoms with Gasteiger partial charge in [-0.15, -0.1) is 0 Å². The van der Waals surface area contributed by atoms with Crippen LogP contribution in [-0.4, -0.2) is 73.1 Å². The number of carbonyl (C=O) groups excluding carboxylic acids is 1. The van der Waals surface area contributed by atoms with Crippen LogP contribution in [0.15, 0.2) is 30.5 Å². The molecule has 0 saturated heterocycles. The van der Waals surface area contributed by atoms with Crippen LogP contribution in [-0.2, 0) is 16.0 Å². The molecule has 2 aromatic rings. The lowest BCUT2D eigenvalue weighted by atomic mass is 9.85. The van der Waals surface area contributed by atoms with Crippen molar-refractivity contribution in [2.45, 2.75) is 43.0 Å². The number of aliphatic hydroxyl groups is 5. The van der Waals surface area contributed by atoms with Crippen molar-refractivity contribution < 1.29 is 35.1 Å². The van der Waals surface area contributed by atoms with Crippen LogP contribution in [0.1, 0.15) is 5.56 Å². The fraction of sp³-hybridized carbons (Fsp3) is 0.438. The van der Waals surface area contributed by atoms with Crippen molar-refractivity contribution in [2.75, 3.05) is 0 Å². The molecule has 2 unspecified atom stereocenters. The van der Waals surface area contributed by atoms with Crippen molar-refractivity contribution in [3.63, 3.8) is 0 Å². The molecule has 1 aliphatic carbocycles. The minimum absolute atomic E-state index is 0.116. The van der Waals surface area contributed by atoms with E-state index in [1.807, 2.05) is 24.3 Å². The third kappa shape index (κ3) is 2.90. The van der Waals surface area contributed by atoms with Crippen molar-refractivity contribution in [2.24, 2.45) is 0 Å². The highest BCUT2D eigenvalue weighted by Crippen LogP contribution is 2.25. The van der Waals surface area contributed by atoms with Crippen LogP contribution in [0, 0.1) is 0 Å². The number of aromatic nitrogens is 1. The zero-order valence-electron chi connectivity index (χ0n) is 12.6. The number of fused-ring (bicyclic) bond motifs is 1. The number of H-pyrrole nitrogens is 1. The van der Waals surface area contributed by atoms with Gasteiger partial charge in [0.1, 0.15) is 30.5 Å². The first-order chi connectivity index (χ1) is 11.4. The van der Waals surface area contributed by atoms with E-state index in [-0.39, 0.29) is 6.42 Å². The molecule has 0 amide bonds. The van der Waals surface area contributed by atoms with E-state index in [0.717, 1.165) is 10.9 Å². The topological polar surface area (TPSA) is 143 Å². The molecule has 6 atom stereocenters. The quantitative estimate of drug-likeness (QED) is 0.372. The lowest BCUT2D eigenvalue weighted by Crippen LogP contribution is -2.64. The summed E-state index contributed by atoms with van der Waals surface area (Å²) in [5, 5.41) is 49.4. The van der Waals surface area contributed by atoms with E-state index >= 15 is 0 Å². The molecular formula is C16H19NO7. The van der Waals surface area contributed by atoms with E-state index in [1.54, 1.807) is 6.20 Å². The smallest absolute Gasteiger partial charge is 0.310 e. The van der Waals surface area contributed by atoms with Gasteiger partial charge in [0.05, 0.1) is 6.42 Å². The van der Waals surface area contributed by atoms with Gasteiger partial charge < -0.3 is 35.3 Å². The first kappa shape index (κ1) is 16.9. The van der Waals surface area contributed by atoms with Gasteiger partial charge in [-0.1, -0.05) is 18.2 Å². The summed E-state index contributed by atoms with van der Waals surface area (Å²) in [6.45, 7) is 0. The molecule has 24 heavy (non-hydrogen) atoms. The van der Waals surface area contributed by atoms with Gasteiger partial charge in [-0.25, -0.2) is 0 Å². The summed E-state index contributed by atoms with van der Waals surface area (Å²) in [5.74, 6) is -0.737. The van der Waals surface area contributed by atoms with Crippen molar-refractivity contribution >= 4 is 16.9 Å². The second-order valence-electron chi connectivity index (χ2n) is 5.94. The highest BCUT2D eigenvalue weighted by molar-refractivity contribution is 5.87. The van der Waals surface area contributed by atoms with Crippen LogP contribution >= 0.6 is 0 Å². The molecule has 8 heteroatoms. The van der Waals surface area contributed by atoms with Gasteiger partial charge in [0, 0.05) is 17.1 Å². The largest absolute Gasteiger partial charge is 0.456 e.